The molecule has 3 aromatic rings. The molecule has 1 aliphatic heterocycles. The summed E-state index contributed by atoms with van der Waals surface area (Å²) in [5.74, 6) is 2.14. The lowest BCUT2D eigenvalue weighted by Crippen LogP contribution is -2.38. The average molecular weight is 421 g/mol. The summed E-state index contributed by atoms with van der Waals surface area (Å²) in [6, 6.07) is 13.6. The fourth-order valence-electron chi connectivity index (χ4n) is 3.45. The first kappa shape index (κ1) is 21.1. The second kappa shape index (κ2) is 9.31. The summed E-state index contributed by atoms with van der Waals surface area (Å²) in [6.07, 6.45) is 7.39. The summed E-state index contributed by atoms with van der Waals surface area (Å²) in [5, 5.41) is 9.83. The third-order valence-corrected chi connectivity index (χ3v) is 5.08. The molecule has 1 fully saturated rings. The van der Waals surface area contributed by atoms with Crippen LogP contribution in [0.2, 0.25) is 0 Å². The SMILES string of the molecule is CC(C)(O)COc1cc(-c2ccc(N3CCC(Oc4ccccn4)CC3)nc2)ccn1. The van der Waals surface area contributed by atoms with Crippen molar-refractivity contribution in [1.29, 1.82) is 0 Å². The van der Waals surface area contributed by atoms with E-state index in [-0.39, 0.29) is 12.7 Å². The fraction of sp³-hybridized carbons (Fsp3) is 0.375. The van der Waals surface area contributed by atoms with Crippen LogP contribution in [0.25, 0.3) is 11.1 Å². The lowest BCUT2D eigenvalue weighted by Gasteiger charge is -2.32. The first-order valence-corrected chi connectivity index (χ1v) is 10.6. The van der Waals surface area contributed by atoms with Crippen molar-refractivity contribution < 1.29 is 14.6 Å². The van der Waals surface area contributed by atoms with Gasteiger partial charge in [0.2, 0.25) is 11.8 Å². The van der Waals surface area contributed by atoms with Gasteiger partial charge in [-0.25, -0.2) is 15.0 Å². The fourth-order valence-corrected chi connectivity index (χ4v) is 3.45. The zero-order valence-corrected chi connectivity index (χ0v) is 17.9. The van der Waals surface area contributed by atoms with Crippen molar-refractivity contribution in [2.24, 2.45) is 0 Å². The Kier molecular flexibility index (Phi) is 6.32. The molecule has 0 atom stereocenters. The molecule has 7 nitrogen and oxygen atoms in total. The van der Waals surface area contributed by atoms with Crippen molar-refractivity contribution in [1.82, 2.24) is 15.0 Å². The Bertz CT molecular complexity index is 966. The summed E-state index contributed by atoms with van der Waals surface area (Å²) in [7, 11) is 0. The highest BCUT2D eigenvalue weighted by molar-refractivity contribution is 5.64. The molecule has 0 saturated carbocycles. The van der Waals surface area contributed by atoms with E-state index in [2.05, 4.69) is 25.9 Å². The molecule has 0 radical (unpaired) electrons. The van der Waals surface area contributed by atoms with Crippen LogP contribution >= 0.6 is 0 Å². The van der Waals surface area contributed by atoms with Gasteiger partial charge in [-0.15, -0.1) is 0 Å². The molecule has 4 heterocycles. The Balaban J connectivity index is 1.35. The molecule has 0 aliphatic carbocycles. The molecule has 31 heavy (non-hydrogen) atoms. The Labute approximate surface area is 182 Å². The zero-order valence-electron chi connectivity index (χ0n) is 17.9. The van der Waals surface area contributed by atoms with Crippen LogP contribution in [0.15, 0.2) is 61.1 Å². The van der Waals surface area contributed by atoms with E-state index in [1.807, 2.05) is 42.6 Å². The van der Waals surface area contributed by atoms with E-state index < -0.39 is 5.60 Å². The topological polar surface area (TPSA) is 80.6 Å². The number of anilines is 1. The molecule has 3 aromatic heterocycles. The van der Waals surface area contributed by atoms with Gasteiger partial charge in [-0.3, -0.25) is 0 Å². The van der Waals surface area contributed by atoms with E-state index in [0.717, 1.165) is 42.9 Å². The molecular weight excluding hydrogens is 392 g/mol. The van der Waals surface area contributed by atoms with Gasteiger partial charge >= 0.3 is 0 Å². The van der Waals surface area contributed by atoms with Crippen LogP contribution in [0.3, 0.4) is 0 Å². The first-order valence-electron chi connectivity index (χ1n) is 10.6. The van der Waals surface area contributed by atoms with Crippen molar-refractivity contribution in [2.75, 3.05) is 24.6 Å². The molecule has 0 unspecified atom stereocenters. The standard InChI is InChI=1S/C24H28N4O3/c1-24(2,29)17-30-23-15-18(8-12-26-23)19-6-7-21(27-16-19)28-13-9-20(10-14-28)31-22-5-3-4-11-25-22/h3-8,11-12,15-16,20,29H,9-10,13-14,17H2,1-2H3. The Morgan fingerprint density at radius 2 is 1.77 bits per heavy atom. The van der Waals surface area contributed by atoms with Gasteiger partial charge in [-0.2, -0.15) is 0 Å². The minimum absolute atomic E-state index is 0.181. The molecule has 4 rings (SSSR count). The summed E-state index contributed by atoms with van der Waals surface area (Å²) >= 11 is 0. The third-order valence-electron chi connectivity index (χ3n) is 5.08. The number of rotatable bonds is 7. The van der Waals surface area contributed by atoms with Gasteiger partial charge in [-0.05, 0) is 43.7 Å². The summed E-state index contributed by atoms with van der Waals surface area (Å²) in [4.78, 5) is 15.4. The minimum atomic E-state index is -0.906. The van der Waals surface area contributed by atoms with Gasteiger partial charge in [0.25, 0.3) is 0 Å². The number of hydrogen-bond donors (Lipinski definition) is 1. The molecule has 0 bridgehead atoms. The highest BCUT2D eigenvalue weighted by atomic mass is 16.5. The third kappa shape index (κ3) is 5.92. The first-order chi connectivity index (χ1) is 15.0. The molecule has 7 heteroatoms. The van der Waals surface area contributed by atoms with Crippen LogP contribution in [0.5, 0.6) is 11.8 Å². The monoisotopic (exact) mass is 420 g/mol. The van der Waals surface area contributed by atoms with Crippen molar-refractivity contribution in [3.05, 3.63) is 61.1 Å². The van der Waals surface area contributed by atoms with Crippen LogP contribution in [0.1, 0.15) is 26.7 Å². The highest BCUT2D eigenvalue weighted by Gasteiger charge is 2.22. The normalized spacial score (nSPS) is 15.0. The van der Waals surface area contributed by atoms with Crippen molar-refractivity contribution in [3.63, 3.8) is 0 Å². The molecule has 1 aliphatic rings. The molecule has 0 amide bonds. The number of nitrogens with zero attached hydrogens (tertiary/aromatic N) is 4. The van der Waals surface area contributed by atoms with Gasteiger partial charge in [0, 0.05) is 62.2 Å². The van der Waals surface area contributed by atoms with Gasteiger partial charge in [0.1, 0.15) is 18.5 Å². The van der Waals surface area contributed by atoms with E-state index in [0.29, 0.717) is 11.8 Å². The molecule has 1 N–H and O–H groups in total. The smallest absolute Gasteiger partial charge is 0.213 e. The van der Waals surface area contributed by atoms with Gasteiger partial charge in [-0.1, -0.05) is 6.07 Å². The molecule has 0 aromatic carbocycles. The van der Waals surface area contributed by atoms with Crippen molar-refractivity contribution in [2.45, 2.75) is 38.4 Å². The Hall–Kier alpha value is -3.19. The number of aliphatic hydroxyl groups is 1. The number of aromatic nitrogens is 3. The minimum Gasteiger partial charge on any atom is -0.475 e. The summed E-state index contributed by atoms with van der Waals surface area (Å²) in [5.41, 5.74) is 1.06. The number of piperidine rings is 1. The Morgan fingerprint density at radius 1 is 0.968 bits per heavy atom. The summed E-state index contributed by atoms with van der Waals surface area (Å²) in [6.45, 7) is 5.38. The highest BCUT2D eigenvalue weighted by Crippen LogP contribution is 2.26. The second-order valence-corrected chi connectivity index (χ2v) is 8.36. The van der Waals surface area contributed by atoms with Crippen LogP contribution < -0.4 is 14.4 Å². The van der Waals surface area contributed by atoms with Gasteiger partial charge in [0.05, 0.1) is 5.60 Å². The molecular formula is C24H28N4O3. The van der Waals surface area contributed by atoms with E-state index in [9.17, 15) is 5.11 Å². The lowest BCUT2D eigenvalue weighted by atomic mass is 10.1. The number of hydrogen-bond acceptors (Lipinski definition) is 7. The zero-order chi connectivity index (χ0) is 21.7. The van der Waals surface area contributed by atoms with Crippen LogP contribution in [0, 0.1) is 0 Å². The van der Waals surface area contributed by atoms with Crippen molar-refractivity contribution >= 4 is 5.82 Å². The average Bonchev–Trinajstić information content (AvgIpc) is 2.79. The predicted molar refractivity (Wildman–Crippen MR) is 119 cm³/mol. The maximum absolute atomic E-state index is 9.83. The van der Waals surface area contributed by atoms with E-state index in [1.54, 1.807) is 26.2 Å². The quantitative estimate of drug-likeness (QED) is 0.624. The lowest BCUT2D eigenvalue weighted by molar-refractivity contribution is 0.0268. The maximum atomic E-state index is 9.83. The van der Waals surface area contributed by atoms with E-state index in [4.69, 9.17) is 9.47 Å². The predicted octanol–water partition coefficient (Wildman–Crippen LogP) is 3.74. The largest absolute Gasteiger partial charge is 0.475 e. The van der Waals surface area contributed by atoms with Crippen LogP contribution in [-0.2, 0) is 0 Å². The van der Waals surface area contributed by atoms with Gasteiger partial charge in [0.15, 0.2) is 0 Å². The van der Waals surface area contributed by atoms with Crippen molar-refractivity contribution in [3.8, 4) is 22.9 Å². The summed E-state index contributed by atoms with van der Waals surface area (Å²) < 4.78 is 11.6. The molecule has 162 valence electrons. The number of ether oxygens (including phenoxy) is 2. The van der Waals surface area contributed by atoms with E-state index >= 15 is 0 Å². The maximum Gasteiger partial charge on any atom is 0.213 e. The molecule has 0 spiro atoms. The van der Waals surface area contributed by atoms with Crippen LogP contribution in [-0.4, -0.2) is 51.5 Å². The van der Waals surface area contributed by atoms with E-state index in [1.165, 1.54) is 0 Å². The molecule has 1 saturated heterocycles. The second-order valence-electron chi connectivity index (χ2n) is 8.36. The number of pyridine rings is 3. The van der Waals surface area contributed by atoms with Crippen LogP contribution in [0.4, 0.5) is 5.82 Å². The Morgan fingerprint density at radius 3 is 2.45 bits per heavy atom. The van der Waals surface area contributed by atoms with Gasteiger partial charge < -0.3 is 19.5 Å².